The molecule has 12 nitrogen and oxygen atoms in total. The molecule has 2 atom stereocenters. The third-order valence-electron chi connectivity index (χ3n) is 7.79. The van der Waals surface area contributed by atoms with Gasteiger partial charge in [0.15, 0.2) is 12.2 Å². The highest BCUT2D eigenvalue weighted by molar-refractivity contribution is 5.68. The molecule has 2 aromatic carbocycles. The number of aliphatic hydroxyl groups is 4. The van der Waals surface area contributed by atoms with E-state index in [1.165, 1.54) is 9.80 Å². The van der Waals surface area contributed by atoms with Crippen LogP contribution in [0.25, 0.3) is 0 Å². The lowest BCUT2D eigenvalue weighted by atomic mass is 9.78. The van der Waals surface area contributed by atoms with Crippen LogP contribution in [-0.2, 0) is 14.9 Å². The molecule has 2 unspecified atom stereocenters. The summed E-state index contributed by atoms with van der Waals surface area (Å²) in [5, 5.41) is 38.0. The Kier molecular flexibility index (Phi) is 18.0. The second kappa shape index (κ2) is 21.3. The van der Waals surface area contributed by atoms with E-state index in [-0.39, 0.29) is 44.9 Å². The quantitative estimate of drug-likeness (QED) is 0.145. The molecule has 0 bridgehead atoms. The minimum absolute atomic E-state index is 0.0245. The van der Waals surface area contributed by atoms with Crippen molar-refractivity contribution in [1.82, 2.24) is 9.80 Å². The number of hydrogen-bond acceptors (Lipinski definition) is 10. The van der Waals surface area contributed by atoms with Crippen molar-refractivity contribution >= 4 is 12.2 Å². The average Bonchev–Trinajstić information content (AvgIpc) is 3.08. The topological polar surface area (TPSA) is 158 Å². The molecule has 0 saturated heterocycles. The minimum Gasteiger partial charge on any atom is -0.490 e. The third-order valence-corrected chi connectivity index (χ3v) is 7.79. The minimum atomic E-state index is -0.853. The number of nitrogens with zero attached hydrogens (tertiary/aromatic N) is 2. The van der Waals surface area contributed by atoms with E-state index in [1.54, 1.807) is 0 Å². The lowest BCUT2D eigenvalue weighted by Crippen LogP contribution is -2.39. The Morgan fingerprint density at radius 1 is 0.638 bits per heavy atom. The number of rotatable bonds is 22. The smallest absolute Gasteiger partial charge is 0.410 e. The largest absolute Gasteiger partial charge is 0.490 e. The second-order valence-corrected chi connectivity index (χ2v) is 11.8. The predicted octanol–water partition coefficient (Wildman–Crippen LogP) is 3.95. The first kappa shape index (κ1) is 39.6. The maximum Gasteiger partial charge on any atom is 0.410 e. The van der Waals surface area contributed by atoms with Gasteiger partial charge in [0, 0.05) is 31.6 Å². The summed E-state index contributed by atoms with van der Waals surface area (Å²) in [7, 11) is 0. The van der Waals surface area contributed by atoms with E-state index in [1.807, 2.05) is 62.4 Å². The summed E-state index contributed by atoms with van der Waals surface area (Å²) in [5.74, 6) is 1.12. The number of amides is 2. The van der Waals surface area contributed by atoms with E-state index >= 15 is 0 Å². The van der Waals surface area contributed by atoms with Crippen molar-refractivity contribution in [1.29, 1.82) is 0 Å². The Balaban J connectivity index is 1.94. The van der Waals surface area contributed by atoms with Gasteiger partial charge in [0.05, 0.1) is 26.4 Å². The van der Waals surface area contributed by atoms with Crippen LogP contribution in [0.1, 0.15) is 64.5 Å². The molecular formula is C35H54N2O10. The van der Waals surface area contributed by atoms with Crippen LogP contribution in [0.3, 0.4) is 0 Å². The molecule has 264 valence electrons. The zero-order valence-electron chi connectivity index (χ0n) is 28.3. The van der Waals surface area contributed by atoms with Crippen LogP contribution in [0, 0.1) is 0 Å². The van der Waals surface area contributed by atoms with Gasteiger partial charge in [0.2, 0.25) is 0 Å². The van der Waals surface area contributed by atoms with Gasteiger partial charge in [0.1, 0.15) is 24.7 Å². The first-order valence-electron chi connectivity index (χ1n) is 16.4. The van der Waals surface area contributed by atoms with E-state index in [2.05, 4.69) is 13.8 Å². The molecule has 0 aliphatic rings. The molecule has 0 fully saturated rings. The van der Waals surface area contributed by atoms with Crippen LogP contribution >= 0.6 is 0 Å². The fourth-order valence-corrected chi connectivity index (χ4v) is 4.69. The maximum absolute atomic E-state index is 12.5. The van der Waals surface area contributed by atoms with Crippen LogP contribution in [0.15, 0.2) is 48.5 Å². The monoisotopic (exact) mass is 662 g/mol. The van der Waals surface area contributed by atoms with Crippen LogP contribution in [0.5, 0.6) is 11.5 Å². The number of carbonyl (C=O) groups is 2. The van der Waals surface area contributed by atoms with Crippen molar-refractivity contribution in [2.24, 2.45) is 0 Å². The summed E-state index contributed by atoms with van der Waals surface area (Å²) in [5.41, 5.74) is 1.69. The first-order chi connectivity index (χ1) is 22.6. The van der Waals surface area contributed by atoms with Gasteiger partial charge in [-0.25, -0.2) is 9.59 Å². The van der Waals surface area contributed by atoms with Gasteiger partial charge in [-0.15, -0.1) is 0 Å². The molecule has 2 rings (SSSR count). The molecular weight excluding hydrogens is 608 g/mol. The Hall–Kier alpha value is -3.58. The molecule has 0 heterocycles. The van der Waals surface area contributed by atoms with Gasteiger partial charge in [-0.05, 0) is 48.2 Å². The van der Waals surface area contributed by atoms with Crippen molar-refractivity contribution < 1.29 is 49.0 Å². The average molecular weight is 663 g/mol. The van der Waals surface area contributed by atoms with Crippen LogP contribution in [-0.4, -0.2) is 120 Å². The number of hydrogen-bond donors (Lipinski definition) is 4. The third kappa shape index (κ3) is 13.2. The number of benzene rings is 2. The summed E-state index contributed by atoms with van der Waals surface area (Å²) in [6, 6.07) is 15.1. The van der Waals surface area contributed by atoms with Gasteiger partial charge >= 0.3 is 12.2 Å². The summed E-state index contributed by atoms with van der Waals surface area (Å²) < 4.78 is 22.4. The molecule has 0 saturated carbocycles. The van der Waals surface area contributed by atoms with Gasteiger partial charge < -0.3 is 49.2 Å². The highest BCUT2D eigenvalue weighted by Crippen LogP contribution is 2.33. The highest BCUT2D eigenvalue weighted by Gasteiger charge is 2.25. The molecule has 12 heteroatoms. The summed E-state index contributed by atoms with van der Waals surface area (Å²) in [6.07, 6.45) is 0.462. The molecule has 0 aliphatic heterocycles. The Morgan fingerprint density at radius 2 is 1.00 bits per heavy atom. The lowest BCUT2D eigenvalue weighted by Gasteiger charge is -2.27. The standard InChI is InChI=1S/C35H54N2O10/c1-5-7-17-36(19-21-38)33(42)46-31(23-40)25-44-29-13-9-27(10-14-29)35(3,4)28-11-15-30(16-12-28)45-26-32(24-41)47-34(43)37(20-22-39)18-8-6-2/h9-16,31-32,38-41H,5-8,17-26H2,1-4H3. The zero-order chi connectivity index (χ0) is 34.7. The number of ether oxygens (including phenoxy) is 4. The van der Waals surface area contributed by atoms with Gasteiger partial charge in [-0.3, -0.25) is 0 Å². The van der Waals surface area contributed by atoms with E-state index in [9.17, 15) is 30.0 Å². The van der Waals surface area contributed by atoms with Crippen molar-refractivity contribution in [2.75, 3.05) is 65.8 Å². The second-order valence-electron chi connectivity index (χ2n) is 11.8. The van der Waals surface area contributed by atoms with E-state index < -0.39 is 37.6 Å². The number of aliphatic hydroxyl groups excluding tert-OH is 4. The Bertz CT molecular complexity index is 1070. The van der Waals surface area contributed by atoms with Gasteiger partial charge in [-0.1, -0.05) is 64.8 Å². The van der Waals surface area contributed by atoms with Gasteiger partial charge in [-0.2, -0.15) is 0 Å². The van der Waals surface area contributed by atoms with Crippen molar-refractivity contribution in [3.05, 3.63) is 59.7 Å². The first-order valence-corrected chi connectivity index (χ1v) is 16.4. The fraction of sp³-hybridized carbons (Fsp3) is 0.600. The predicted molar refractivity (Wildman–Crippen MR) is 178 cm³/mol. The Labute approximate surface area is 278 Å². The summed E-state index contributed by atoms with van der Waals surface area (Å²) in [4.78, 5) is 27.9. The number of unbranched alkanes of at least 4 members (excludes halogenated alkanes) is 2. The van der Waals surface area contributed by atoms with Crippen LogP contribution < -0.4 is 9.47 Å². The molecule has 0 spiro atoms. The maximum atomic E-state index is 12.5. The zero-order valence-corrected chi connectivity index (χ0v) is 28.3. The Morgan fingerprint density at radius 3 is 1.30 bits per heavy atom. The van der Waals surface area contributed by atoms with Crippen LogP contribution in [0.2, 0.25) is 0 Å². The summed E-state index contributed by atoms with van der Waals surface area (Å²) >= 11 is 0. The normalized spacial score (nSPS) is 12.6. The van der Waals surface area contributed by atoms with Crippen molar-refractivity contribution in [2.45, 2.75) is 71.0 Å². The highest BCUT2D eigenvalue weighted by atomic mass is 16.6. The molecule has 4 N–H and O–H groups in total. The fourth-order valence-electron chi connectivity index (χ4n) is 4.69. The van der Waals surface area contributed by atoms with Crippen LogP contribution in [0.4, 0.5) is 9.59 Å². The summed E-state index contributed by atoms with van der Waals surface area (Å²) in [6.45, 7) is 8.27. The molecule has 47 heavy (non-hydrogen) atoms. The molecule has 2 aromatic rings. The number of carbonyl (C=O) groups excluding carboxylic acids is 2. The van der Waals surface area contributed by atoms with E-state index in [4.69, 9.17) is 18.9 Å². The molecule has 2 amide bonds. The molecule has 0 aliphatic carbocycles. The van der Waals surface area contributed by atoms with Crippen molar-refractivity contribution in [3.63, 3.8) is 0 Å². The van der Waals surface area contributed by atoms with Gasteiger partial charge in [0.25, 0.3) is 0 Å². The van der Waals surface area contributed by atoms with E-state index in [0.717, 1.165) is 36.8 Å². The molecule has 0 radical (unpaired) electrons. The lowest BCUT2D eigenvalue weighted by molar-refractivity contribution is 0.00796. The molecule has 0 aromatic heterocycles. The van der Waals surface area contributed by atoms with Crippen molar-refractivity contribution in [3.8, 4) is 11.5 Å². The SMILES string of the molecule is CCCCN(CCO)C(=O)OC(CO)COc1ccc(C(C)(C)c2ccc(OCC(CO)OC(=O)N(CCO)CCCC)cc2)cc1. The van der Waals surface area contributed by atoms with E-state index in [0.29, 0.717) is 24.6 Å².